The van der Waals surface area contributed by atoms with Crippen molar-refractivity contribution in [3.8, 4) is 0 Å². The number of nitrogens with zero attached hydrogens (tertiary/aromatic N) is 1. The molecule has 6 nitrogen and oxygen atoms in total. The molecule has 0 unspecified atom stereocenters. The Hall–Kier alpha value is -2.03. The highest BCUT2D eigenvalue weighted by molar-refractivity contribution is 7.91. The molecule has 0 aromatic heterocycles. The monoisotopic (exact) mass is 402 g/mol. The Morgan fingerprint density at radius 3 is 2.22 bits per heavy atom. The minimum atomic E-state index is -4.82. The Balaban J connectivity index is 2.07. The number of anilines is 1. The highest BCUT2D eigenvalue weighted by Crippen LogP contribution is 2.28. The van der Waals surface area contributed by atoms with Crippen molar-refractivity contribution in [1.82, 2.24) is 4.90 Å². The molecule has 0 saturated carbocycles. The lowest BCUT2D eigenvalue weighted by Gasteiger charge is -2.35. The average Bonchev–Trinajstić information content (AvgIpc) is 2.60. The molecule has 9 heteroatoms. The zero-order valence-electron chi connectivity index (χ0n) is 15.5. The van der Waals surface area contributed by atoms with Crippen LogP contribution in [0.4, 0.5) is 14.5 Å². The van der Waals surface area contributed by atoms with E-state index in [0.717, 1.165) is 6.07 Å². The van der Waals surface area contributed by atoms with E-state index < -0.39 is 37.7 Å². The summed E-state index contributed by atoms with van der Waals surface area (Å²) in [5, 5.41) is 2.46. The predicted octanol–water partition coefficient (Wildman–Crippen LogP) is 2.91. The lowest BCUT2D eigenvalue weighted by Crippen LogP contribution is -2.45. The highest BCUT2D eigenvalue weighted by Gasteiger charge is 2.34. The van der Waals surface area contributed by atoms with Crippen LogP contribution in [-0.2, 0) is 19.4 Å². The number of rotatable bonds is 4. The fourth-order valence-corrected chi connectivity index (χ4v) is 3.85. The number of para-hydroxylation sites is 1. The van der Waals surface area contributed by atoms with Crippen LogP contribution in [0.1, 0.15) is 33.6 Å². The van der Waals surface area contributed by atoms with E-state index in [-0.39, 0.29) is 11.6 Å². The SMILES string of the molecule is CC(C)(C)C(=O)N1CCC(C(=O)Nc2ccccc2S(=O)(=O)C(F)F)CC1. The molecule has 1 N–H and O–H groups in total. The largest absolute Gasteiger partial charge is 0.342 e. The van der Waals surface area contributed by atoms with Gasteiger partial charge in [-0.2, -0.15) is 8.78 Å². The minimum Gasteiger partial charge on any atom is -0.342 e. The van der Waals surface area contributed by atoms with Gasteiger partial charge in [0.1, 0.15) is 0 Å². The average molecular weight is 402 g/mol. The van der Waals surface area contributed by atoms with Gasteiger partial charge in [0.2, 0.25) is 21.7 Å². The predicted molar refractivity (Wildman–Crippen MR) is 97.0 cm³/mol. The fourth-order valence-electron chi connectivity index (χ4n) is 2.97. The first-order valence-electron chi connectivity index (χ1n) is 8.66. The van der Waals surface area contributed by atoms with Crippen LogP contribution in [0.5, 0.6) is 0 Å². The first kappa shape index (κ1) is 21.3. The third-order valence-corrected chi connectivity index (χ3v) is 5.92. The molecule has 1 aromatic rings. The van der Waals surface area contributed by atoms with Crippen LogP contribution in [0.15, 0.2) is 29.2 Å². The minimum absolute atomic E-state index is 0.00901. The van der Waals surface area contributed by atoms with Crippen molar-refractivity contribution < 1.29 is 26.8 Å². The maximum Gasteiger partial charge on any atom is 0.341 e. The summed E-state index contributed by atoms with van der Waals surface area (Å²) in [4.78, 5) is 25.9. The van der Waals surface area contributed by atoms with Gasteiger partial charge in [-0.25, -0.2) is 8.42 Å². The summed E-state index contributed by atoms with van der Waals surface area (Å²) in [7, 11) is -4.82. The first-order valence-corrected chi connectivity index (χ1v) is 10.2. The van der Waals surface area contributed by atoms with E-state index >= 15 is 0 Å². The molecule has 0 atom stereocenters. The molecule has 1 aliphatic rings. The van der Waals surface area contributed by atoms with Crippen molar-refractivity contribution in [3.05, 3.63) is 24.3 Å². The number of alkyl halides is 2. The Morgan fingerprint density at radius 2 is 1.70 bits per heavy atom. The summed E-state index contributed by atoms with van der Waals surface area (Å²) in [6.07, 6.45) is 0.856. The second kappa shape index (κ2) is 7.92. The number of likely N-dealkylation sites (tertiary alicyclic amines) is 1. The first-order chi connectivity index (χ1) is 12.4. The second-order valence-electron chi connectivity index (χ2n) is 7.61. The van der Waals surface area contributed by atoms with Crippen molar-refractivity contribution >= 4 is 27.3 Å². The van der Waals surface area contributed by atoms with Gasteiger partial charge in [-0.1, -0.05) is 32.9 Å². The molecular weight excluding hydrogens is 378 g/mol. The number of halogens is 2. The number of benzene rings is 1. The van der Waals surface area contributed by atoms with Gasteiger partial charge in [0.05, 0.1) is 10.6 Å². The van der Waals surface area contributed by atoms with Gasteiger partial charge in [0, 0.05) is 24.4 Å². The molecule has 1 fully saturated rings. The lowest BCUT2D eigenvalue weighted by atomic mass is 9.90. The highest BCUT2D eigenvalue weighted by atomic mass is 32.2. The molecule has 1 aliphatic heterocycles. The third kappa shape index (κ3) is 4.82. The maximum atomic E-state index is 12.8. The molecular formula is C18H24F2N2O4S. The van der Waals surface area contributed by atoms with Crippen molar-refractivity contribution in [2.45, 2.75) is 44.3 Å². The topological polar surface area (TPSA) is 83.6 Å². The van der Waals surface area contributed by atoms with Crippen LogP contribution in [0.3, 0.4) is 0 Å². The molecule has 2 rings (SSSR count). The second-order valence-corrected chi connectivity index (χ2v) is 9.49. The summed E-state index contributed by atoms with van der Waals surface area (Å²) in [5.41, 5.74) is -0.659. The number of hydrogen-bond donors (Lipinski definition) is 1. The van der Waals surface area contributed by atoms with E-state index in [1.807, 2.05) is 20.8 Å². The summed E-state index contributed by atoms with van der Waals surface area (Å²) in [6.45, 7) is 6.33. The summed E-state index contributed by atoms with van der Waals surface area (Å²) in [5.74, 6) is -4.41. The van der Waals surface area contributed by atoms with Crippen LogP contribution >= 0.6 is 0 Å². The number of amides is 2. The Kier molecular flexibility index (Phi) is 6.24. The van der Waals surface area contributed by atoms with Crippen molar-refractivity contribution in [3.63, 3.8) is 0 Å². The standard InChI is InChI=1S/C18H24F2N2O4S/c1-18(2,3)16(24)22-10-8-12(9-11-22)15(23)21-13-6-4-5-7-14(13)27(25,26)17(19)20/h4-7,12,17H,8-11H2,1-3H3,(H,21,23). The normalized spacial score (nSPS) is 16.4. The van der Waals surface area contributed by atoms with Crippen molar-refractivity contribution in [2.75, 3.05) is 18.4 Å². The van der Waals surface area contributed by atoms with Crippen molar-refractivity contribution in [2.24, 2.45) is 11.3 Å². The van der Waals surface area contributed by atoms with Crippen LogP contribution in [0.25, 0.3) is 0 Å². The number of piperidine rings is 1. The Labute approximate surface area is 157 Å². The number of carbonyl (C=O) groups is 2. The molecule has 0 aliphatic carbocycles. The van der Waals surface area contributed by atoms with Crippen LogP contribution in [0.2, 0.25) is 0 Å². The van der Waals surface area contributed by atoms with Crippen molar-refractivity contribution in [1.29, 1.82) is 0 Å². The zero-order chi connectivity index (χ0) is 20.4. The molecule has 2 amide bonds. The van der Waals surface area contributed by atoms with Gasteiger partial charge in [-0.3, -0.25) is 9.59 Å². The van der Waals surface area contributed by atoms with Gasteiger partial charge < -0.3 is 10.2 Å². The van der Waals surface area contributed by atoms with E-state index in [1.165, 1.54) is 18.2 Å². The van der Waals surface area contributed by atoms with E-state index in [2.05, 4.69) is 5.32 Å². The van der Waals surface area contributed by atoms with E-state index in [1.54, 1.807) is 4.90 Å². The van der Waals surface area contributed by atoms with Gasteiger partial charge in [-0.15, -0.1) is 0 Å². The molecule has 0 radical (unpaired) electrons. The molecule has 0 spiro atoms. The third-order valence-electron chi connectivity index (χ3n) is 4.48. The van der Waals surface area contributed by atoms with Crippen LogP contribution in [-0.4, -0.2) is 44.0 Å². The Morgan fingerprint density at radius 1 is 1.15 bits per heavy atom. The fraction of sp³-hybridized carbons (Fsp3) is 0.556. The summed E-state index contributed by atoms with van der Waals surface area (Å²) >= 11 is 0. The molecule has 150 valence electrons. The smallest absolute Gasteiger partial charge is 0.341 e. The number of sulfone groups is 1. The van der Waals surface area contributed by atoms with Gasteiger partial charge in [-0.05, 0) is 25.0 Å². The quantitative estimate of drug-likeness (QED) is 0.839. The maximum absolute atomic E-state index is 12.8. The Bertz CT molecular complexity index is 811. The van der Waals surface area contributed by atoms with Crippen LogP contribution < -0.4 is 5.32 Å². The molecule has 0 bridgehead atoms. The summed E-state index contributed by atoms with van der Waals surface area (Å²) < 4.78 is 49.2. The zero-order valence-corrected chi connectivity index (χ0v) is 16.4. The summed E-state index contributed by atoms with van der Waals surface area (Å²) in [6, 6.07) is 5.11. The van der Waals surface area contributed by atoms with E-state index in [9.17, 15) is 26.8 Å². The number of nitrogens with one attached hydrogen (secondary N) is 1. The van der Waals surface area contributed by atoms with Gasteiger partial charge >= 0.3 is 5.76 Å². The number of carbonyl (C=O) groups excluding carboxylic acids is 2. The molecule has 27 heavy (non-hydrogen) atoms. The van der Waals surface area contributed by atoms with Gasteiger partial charge in [0.15, 0.2) is 0 Å². The molecule has 1 heterocycles. The lowest BCUT2D eigenvalue weighted by molar-refractivity contribution is -0.142. The molecule has 1 saturated heterocycles. The molecule has 1 aromatic carbocycles. The van der Waals surface area contributed by atoms with Gasteiger partial charge in [0.25, 0.3) is 0 Å². The number of hydrogen-bond acceptors (Lipinski definition) is 4. The van der Waals surface area contributed by atoms with E-state index in [0.29, 0.717) is 25.9 Å². The van der Waals surface area contributed by atoms with E-state index in [4.69, 9.17) is 0 Å². The van der Waals surface area contributed by atoms with Crippen LogP contribution in [0, 0.1) is 11.3 Å².